The highest BCUT2D eigenvalue weighted by atomic mass is 16.6. The number of nitrogens with one attached hydrogen (secondary N) is 1. The predicted molar refractivity (Wildman–Crippen MR) is 82.3 cm³/mol. The molecule has 0 saturated carbocycles. The fourth-order valence-electron chi connectivity index (χ4n) is 2.72. The second kappa shape index (κ2) is 7.22. The maximum absolute atomic E-state index is 12.7. The predicted octanol–water partition coefficient (Wildman–Crippen LogP) is 1.82. The van der Waals surface area contributed by atoms with Crippen molar-refractivity contribution in [1.29, 1.82) is 0 Å². The number of carbonyl (C=O) groups is 1. The molecule has 2 rings (SSSR count). The van der Waals surface area contributed by atoms with Crippen molar-refractivity contribution in [3.05, 3.63) is 33.9 Å². The van der Waals surface area contributed by atoms with Crippen LogP contribution in [0.5, 0.6) is 5.75 Å². The third-order valence-corrected chi connectivity index (χ3v) is 3.82. The van der Waals surface area contributed by atoms with E-state index in [-0.39, 0.29) is 23.4 Å². The molecular weight excluding hydrogens is 286 g/mol. The zero-order valence-electron chi connectivity index (χ0n) is 12.9. The molecule has 0 radical (unpaired) electrons. The lowest BCUT2D eigenvalue weighted by Crippen LogP contribution is -2.42. The standard InChI is InChI=1S/C15H21N3O4/c1-3-8-17(12-6-7-16-10-12)15(19)11-4-5-13(18(20)21)14(9-11)22-2/h4-5,9,12,16H,3,6-8,10H2,1-2H3. The van der Waals surface area contributed by atoms with Crippen molar-refractivity contribution in [2.75, 3.05) is 26.7 Å². The van der Waals surface area contributed by atoms with Gasteiger partial charge in [-0.25, -0.2) is 0 Å². The Morgan fingerprint density at radius 1 is 1.55 bits per heavy atom. The number of rotatable bonds is 6. The summed E-state index contributed by atoms with van der Waals surface area (Å²) in [5.41, 5.74) is 0.284. The molecule has 120 valence electrons. The van der Waals surface area contributed by atoms with Crippen molar-refractivity contribution >= 4 is 11.6 Å². The molecular formula is C15H21N3O4. The van der Waals surface area contributed by atoms with Gasteiger partial charge in [0.25, 0.3) is 5.91 Å². The third kappa shape index (κ3) is 3.36. The van der Waals surface area contributed by atoms with Crippen molar-refractivity contribution in [3.8, 4) is 5.75 Å². The lowest BCUT2D eigenvalue weighted by atomic mass is 10.1. The van der Waals surface area contributed by atoms with Crippen LogP contribution in [0, 0.1) is 10.1 Å². The number of nitro benzene ring substituents is 1. The number of carbonyl (C=O) groups excluding carboxylic acids is 1. The second-order valence-corrected chi connectivity index (χ2v) is 5.29. The Hall–Kier alpha value is -2.15. The Kier molecular flexibility index (Phi) is 5.32. The van der Waals surface area contributed by atoms with Gasteiger partial charge >= 0.3 is 5.69 Å². The molecule has 7 heteroatoms. The van der Waals surface area contributed by atoms with Crippen LogP contribution in [0.15, 0.2) is 18.2 Å². The zero-order chi connectivity index (χ0) is 16.1. The molecule has 1 amide bonds. The van der Waals surface area contributed by atoms with Crippen molar-refractivity contribution < 1.29 is 14.5 Å². The molecule has 1 N–H and O–H groups in total. The van der Waals surface area contributed by atoms with Gasteiger partial charge in [0.1, 0.15) is 0 Å². The number of nitrogens with zero attached hydrogens (tertiary/aromatic N) is 2. The van der Waals surface area contributed by atoms with Crippen LogP contribution in [-0.2, 0) is 0 Å². The number of benzene rings is 1. The topological polar surface area (TPSA) is 84.7 Å². The fourth-order valence-corrected chi connectivity index (χ4v) is 2.72. The van der Waals surface area contributed by atoms with Gasteiger partial charge in [0.05, 0.1) is 12.0 Å². The van der Waals surface area contributed by atoms with Gasteiger partial charge in [-0.2, -0.15) is 0 Å². The number of hydrogen-bond acceptors (Lipinski definition) is 5. The fraction of sp³-hybridized carbons (Fsp3) is 0.533. The number of amides is 1. The quantitative estimate of drug-likeness (QED) is 0.640. The van der Waals surface area contributed by atoms with E-state index in [1.165, 1.54) is 25.3 Å². The van der Waals surface area contributed by atoms with Gasteiger partial charge in [-0.15, -0.1) is 0 Å². The van der Waals surface area contributed by atoms with Crippen LogP contribution in [0.2, 0.25) is 0 Å². The van der Waals surface area contributed by atoms with Crippen molar-refractivity contribution in [2.45, 2.75) is 25.8 Å². The van der Waals surface area contributed by atoms with E-state index in [0.717, 1.165) is 25.9 Å². The second-order valence-electron chi connectivity index (χ2n) is 5.29. The van der Waals surface area contributed by atoms with Gasteiger partial charge in [0, 0.05) is 36.8 Å². The molecule has 1 aromatic carbocycles. The highest BCUT2D eigenvalue weighted by Crippen LogP contribution is 2.28. The Labute approximate surface area is 129 Å². The third-order valence-electron chi connectivity index (χ3n) is 3.82. The molecule has 1 fully saturated rings. The molecule has 0 aromatic heterocycles. The number of methoxy groups -OCH3 is 1. The molecule has 1 atom stereocenters. The number of ether oxygens (including phenoxy) is 1. The summed E-state index contributed by atoms with van der Waals surface area (Å²) >= 11 is 0. The van der Waals surface area contributed by atoms with E-state index in [4.69, 9.17) is 4.74 Å². The molecule has 0 bridgehead atoms. The summed E-state index contributed by atoms with van der Waals surface area (Å²) in [6, 6.07) is 4.44. The average molecular weight is 307 g/mol. The lowest BCUT2D eigenvalue weighted by Gasteiger charge is -2.28. The molecule has 0 spiro atoms. The van der Waals surface area contributed by atoms with Gasteiger partial charge in [-0.1, -0.05) is 6.92 Å². The average Bonchev–Trinajstić information content (AvgIpc) is 3.05. The minimum atomic E-state index is -0.516. The number of nitro groups is 1. The summed E-state index contributed by atoms with van der Waals surface area (Å²) in [6.45, 7) is 4.39. The highest BCUT2D eigenvalue weighted by molar-refractivity contribution is 5.95. The molecule has 1 aliphatic rings. The Balaban J connectivity index is 2.28. The minimum Gasteiger partial charge on any atom is -0.490 e. The van der Waals surface area contributed by atoms with Gasteiger partial charge in [0.15, 0.2) is 5.75 Å². The first kappa shape index (κ1) is 16.2. The largest absolute Gasteiger partial charge is 0.490 e. The van der Waals surface area contributed by atoms with Crippen molar-refractivity contribution in [1.82, 2.24) is 10.2 Å². The van der Waals surface area contributed by atoms with Crippen molar-refractivity contribution in [3.63, 3.8) is 0 Å². The first-order valence-electron chi connectivity index (χ1n) is 7.42. The first-order valence-corrected chi connectivity index (χ1v) is 7.42. The summed E-state index contributed by atoms with van der Waals surface area (Å²) < 4.78 is 5.04. The van der Waals surface area contributed by atoms with E-state index in [2.05, 4.69) is 5.32 Å². The van der Waals surface area contributed by atoms with Crippen molar-refractivity contribution in [2.24, 2.45) is 0 Å². The van der Waals surface area contributed by atoms with Crippen LogP contribution in [0.4, 0.5) is 5.69 Å². The summed E-state index contributed by atoms with van der Waals surface area (Å²) in [5.74, 6) is 0.000549. The maximum atomic E-state index is 12.7. The lowest BCUT2D eigenvalue weighted by molar-refractivity contribution is -0.385. The molecule has 1 aromatic rings. The SMILES string of the molecule is CCCN(C(=O)c1ccc([N+](=O)[O-])c(OC)c1)C1CCNC1. The smallest absolute Gasteiger partial charge is 0.310 e. The van der Waals surface area contributed by atoms with E-state index >= 15 is 0 Å². The van der Waals surface area contributed by atoms with Gasteiger partial charge < -0.3 is 15.0 Å². The Bertz CT molecular complexity index is 556. The van der Waals surface area contributed by atoms with Gasteiger partial charge in [-0.05, 0) is 25.5 Å². The summed E-state index contributed by atoms with van der Waals surface area (Å²) in [5, 5.41) is 14.2. The van der Waals surface area contributed by atoms with E-state index in [0.29, 0.717) is 12.1 Å². The van der Waals surface area contributed by atoms with E-state index in [1.807, 2.05) is 11.8 Å². The van der Waals surface area contributed by atoms with E-state index < -0.39 is 4.92 Å². The molecule has 0 aliphatic carbocycles. The maximum Gasteiger partial charge on any atom is 0.310 e. The van der Waals surface area contributed by atoms with Crippen LogP contribution in [0.3, 0.4) is 0 Å². The summed E-state index contributed by atoms with van der Waals surface area (Å²) in [4.78, 5) is 25.0. The number of hydrogen-bond donors (Lipinski definition) is 1. The van der Waals surface area contributed by atoms with E-state index in [1.54, 1.807) is 0 Å². The van der Waals surface area contributed by atoms with Crippen LogP contribution in [0.1, 0.15) is 30.1 Å². The molecule has 7 nitrogen and oxygen atoms in total. The molecule has 1 saturated heterocycles. The van der Waals surface area contributed by atoms with Gasteiger partial charge in [-0.3, -0.25) is 14.9 Å². The van der Waals surface area contributed by atoms with Crippen LogP contribution in [-0.4, -0.2) is 48.5 Å². The zero-order valence-corrected chi connectivity index (χ0v) is 12.9. The first-order chi connectivity index (χ1) is 10.6. The normalized spacial score (nSPS) is 17.3. The van der Waals surface area contributed by atoms with Crippen LogP contribution < -0.4 is 10.1 Å². The monoisotopic (exact) mass is 307 g/mol. The molecule has 22 heavy (non-hydrogen) atoms. The molecule has 1 unspecified atom stereocenters. The Morgan fingerprint density at radius 3 is 2.86 bits per heavy atom. The van der Waals surface area contributed by atoms with Gasteiger partial charge in [0.2, 0.25) is 0 Å². The summed E-state index contributed by atoms with van der Waals surface area (Å²) in [6.07, 6.45) is 1.79. The summed E-state index contributed by atoms with van der Waals surface area (Å²) in [7, 11) is 1.36. The minimum absolute atomic E-state index is 0.108. The van der Waals surface area contributed by atoms with E-state index in [9.17, 15) is 14.9 Å². The van der Waals surface area contributed by atoms with Crippen LogP contribution >= 0.6 is 0 Å². The molecule has 1 aliphatic heterocycles. The van der Waals surface area contributed by atoms with Crippen LogP contribution in [0.25, 0.3) is 0 Å². The highest BCUT2D eigenvalue weighted by Gasteiger charge is 2.28. The molecule has 1 heterocycles. The Morgan fingerprint density at radius 2 is 2.32 bits per heavy atom.